The van der Waals surface area contributed by atoms with Gasteiger partial charge in [0.1, 0.15) is 11.6 Å². The van der Waals surface area contributed by atoms with Crippen LogP contribution < -0.4 is 0 Å². The summed E-state index contributed by atoms with van der Waals surface area (Å²) < 4.78 is 18.5. The summed E-state index contributed by atoms with van der Waals surface area (Å²) in [5, 5.41) is 3.70. The van der Waals surface area contributed by atoms with Crippen molar-refractivity contribution in [1.29, 1.82) is 0 Å². The second kappa shape index (κ2) is 5.75. The lowest BCUT2D eigenvalue weighted by Crippen LogP contribution is -1.95. The predicted octanol–water partition coefficient (Wildman–Crippen LogP) is 3.16. The van der Waals surface area contributed by atoms with Crippen LogP contribution in [0, 0.1) is 5.82 Å². The van der Waals surface area contributed by atoms with E-state index in [-0.39, 0.29) is 28.9 Å². The molecule has 0 atom stereocenters. The molecule has 0 unspecified atom stereocenters. The molecule has 0 saturated carbocycles. The van der Waals surface area contributed by atoms with Gasteiger partial charge in [0, 0.05) is 5.56 Å². The number of rotatable bonds is 4. The molecule has 98 valence electrons. The van der Waals surface area contributed by atoms with Crippen molar-refractivity contribution < 1.29 is 13.7 Å². The highest BCUT2D eigenvalue weighted by Gasteiger charge is 2.07. The summed E-state index contributed by atoms with van der Waals surface area (Å²) in [6, 6.07) is 4.68. The summed E-state index contributed by atoms with van der Waals surface area (Å²) in [6.45, 7) is 1.43. The van der Waals surface area contributed by atoms with Crippen LogP contribution in [0.2, 0.25) is 5.02 Å². The SMILES string of the molecule is CC(=O)Cc1nc(C=Cc2cccc(Cl)c2F)no1. The van der Waals surface area contributed by atoms with Gasteiger partial charge in [-0.2, -0.15) is 4.98 Å². The Bertz CT molecular complexity index is 637. The maximum atomic E-state index is 13.6. The fraction of sp³-hybridized carbons (Fsp3) is 0.154. The first-order valence-electron chi connectivity index (χ1n) is 5.50. The zero-order chi connectivity index (χ0) is 13.8. The summed E-state index contributed by atoms with van der Waals surface area (Å²) in [5.41, 5.74) is 0.324. The molecule has 0 radical (unpaired) electrons. The lowest BCUT2D eigenvalue weighted by atomic mass is 10.2. The van der Waals surface area contributed by atoms with E-state index in [1.807, 2.05) is 0 Å². The molecule has 6 heteroatoms. The van der Waals surface area contributed by atoms with Crippen LogP contribution in [0.1, 0.15) is 24.2 Å². The number of benzene rings is 1. The molecule has 0 aliphatic carbocycles. The first-order valence-corrected chi connectivity index (χ1v) is 5.88. The Morgan fingerprint density at radius 2 is 2.26 bits per heavy atom. The van der Waals surface area contributed by atoms with Crippen molar-refractivity contribution in [2.75, 3.05) is 0 Å². The maximum Gasteiger partial charge on any atom is 0.234 e. The second-order valence-electron chi connectivity index (χ2n) is 3.90. The first-order chi connectivity index (χ1) is 9.06. The molecule has 0 N–H and O–H groups in total. The van der Waals surface area contributed by atoms with E-state index >= 15 is 0 Å². The lowest BCUT2D eigenvalue weighted by molar-refractivity contribution is -0.116. The minimum absolute atomic E-state index is 0.0486. The molecule has 0 aliphatic rings. The zero-order valence-electron chi connectivity index (χ0n) is 10.1. The normalized spacial score (nSPS) is 11.1. The number of Topliss-reactive ketones (excluding diaryl/α,β-unsaturated/α-hetero) is 1. The minimum atomic E-state index is -0.507. The second-order valence-corrected chi connectivity index (χ2v) is 4.31. The van der Waals surface area contributed by atoms with E-state index in [2.05, 4.69) is 10.1 Å². The average Bonchev–Trinajstić information content (AvgIpc) is 2.78. The van der Waals surface area contributed by atoms with Crippen LogP contribution in [0.4, 0.5) is 4.39 Å². The molecular formula is C13H10ClFN2O2. The molecule has 0 aliphatic heterocycles. The minimum Gasteiger partial charge on any atom is -0.339 e. The van der Waals surface area contributed by atoms with E-state index in [1.165, 1.54) is 25.1 Å². The Morgan fingerprint density at radius 1 is 1.47 bits per heavy atom. The monoisotopic (exact) mass is 280 g/mol. The molecule has 1 aromatic heterocycles. The van der Waals surface area contributed by atoms with E-state index in [0.717, 1.165) is 0 Å². The largest absolute Gasteiger partial charge is 0.339 e. The number of carbonyl (C=O) groups is 1. The van der Waals surface area contributed by atoms with Gasteiger partial charge in [-0.1, -0.05) is 28.9 Å². The maximum absolute atomic E-state index is 13.6. The Kier molecular flexibility index (Phi) is 4.06. The third kappa shape index (κ3) is 3.48. The van der Waals surface area contributed by atoms with E-state index in [4.69, 9.17) is 16.1 Å². The molecule has 2 aromatic rings. The third-order valence-corrected chi connectivity index (χ3v) is 2.57. The zero-order valence-corrected chi connectivity index (χ0v) is 10.8. The fourth-order valence-corrected chi connectivity index (χ4v) is 1.62. The third-order valence-electron chi connectivity index (χ3n) is 2.28. The van der Waals surface area contributed by atoms with Crippen molar-refractivity contribution in [3.63, 3.8) is 0 Å². The van der Waals surface area contributed by atoms with Crippen LogP contribution in [0.25, 0.3) is 12.2 Å². The smallest absolute Gasteiger partial charge is 0.234 e. The highest BCUT2D eigenvalue weighted by Crippen LogP contribution is 2.19. The predicted molar refractivity (Wildman–Crippen MR) is 69.0 cm³/mol. The molecule has 0 saturated heterocycles. The van der Waals surface area contributed by atoms with Gasteiger partial charge in [0.2, 0.25) is 5.89 Å². The number of aromatic nitrogens is 2. The van der Waals surface area contributed by atoms with Crippen LogP contribution in [-0.2, 0) is 11.2 Å². The molecule has 0 spiro atoms. The summed E-state index contributed by atoms with van der Waals surface area (Å²) in [6.07, 6.45) is 3.07. The molecule has 19 heavy (non-hydrogen) atoms. The van der Waals surface area contributed by atoms with Crippen molar-refractivity contribution in [3.8, 4) is 0 Å². The van der Waals surface area contributed by atoms with Gasteiger partial charge in [0.25, 0.3) is 0 Å². The number of ketones is 1. The molecule has 0 fully saturated rings. The van der Waals surface area contributed by atoms with Gasteiger partial charge < -0.3 is 4.52 Å². The summed E-state index contributed by atoms with van der Waals surface area (Å²) in [7, 11) is 0. The standard InChI is InChI=1S/C13H10ClFN2O2/c1-8(18)7-12-16-11(17-19-12)6-5-9-3-2-4-10(14)13(9)15/h2-6H,7H2,1H3. The first kappa shape index (κ1) is 13.4. The Hall–Kier alpha value is -2.01. The highest BCUT2D eigenvalue weighted by molar-refractivity contribution is 6.30. The Morgan fingerprint density at radius 3 is 3.00 bits per heavy atom. The molecule has 0 bridgehead atoms. The van der Waals surface area contributed by atoms with Crippen LogP contribution in [-0.4, -0.2) is 15.9 Å². The molecule has 1 aromatic carbocycles. The van der Waals surface area contributed by atoms with Crippen LogP contribution in [0.3, 0.4) is 0 Å². The van der Waals surface area contributed by atoms with Crippen LogP contribution in [0.15, 0.2) is 22.7 Å². The van der Waals surface area contributed by atoms with Gasteiger partial charge in [-0.15, -0.1) is 0 Å². The Labute approximate surface area is 113 Å². The number of hydrogen-bond donors (Lipinski definition) is 0. The average molecular weight is 281 g/mol. The molecule has 4 nitrogen and oxygen atoms in total. The van der Waals surface area contributed by atoms with Gasteiger partial charge in [0.15, 0.2) is 5.82 Å². The number of hydrogen-bond acceptors (Lipinski definition) is 4. The van der Waals surface area contributed by atoms with Gasteiger partial charge in [-0.3, -0.25) is 4.79 Å². The van der Waals surface area contributed by atoms with Crippen molar-refractivity contribution in [2.24, 2.45) is 0 Å². The van der Waals surface area contributed by atoms with Crippen molar-refractivity contribution in [3.05, 3.63) is 46.3 Å². The quantitative estimate of drug-likeness (QED) is 0.863. The summed E-state index contributed by atoms with van der Waals surface area (Å²) in [5.74, 6) is -0.0673. The summed E-state index contributed by atoms with van der Waals surface area (Å²) in [4.78, 5) is 14.9. The lowest BCUT2D eigenvalue weighted by Gasteiger charge is -1.97. The number of carbonyl (C=O) groups excluding carboxylic acids is 1. The van der Waals surface area contributed by atoms with Crippen molar-refractivity contribution in [1.82, 2.24) is 10.1 Å². The van der Waals surface area contributed by atoms with E-state index < -0.39 is 5.82 Å². The van der Waals surface area contributed by atoms with Gasteiger partial charge in [0.05, 0.1) is 11.4 Å². The van der Waals surface area contributed by atoms with E-state index in [1.54, 1.807) is 12.1 Å². The van der Waals surface area contributed by atoms with Gasteiger partial charge >= 0.3 is 0 Å². The summed E-state index contributed by atoms with van der Waals surface area (Å²) >= 11 is 5.66. The topological polar surface area (TPSA) is 56.0 Å². The van der Waals surface area contributed by atoms with Crippen LogP contribution >= 0.6 is 11.6 Å². The van der Waals surface area contributed by atoms with Gasteiger partial charge in [-0.05, 0) is 25.1 Å². The van der Waals surface area contributed by atoms with E-state index in [0.29, 0.717) is 5.56 Å². The van der Waals surface area contributed by atoms with E-state index in [9.17, 15) is 9.18 Å². The highest BCUT2D eigenvalue weighted by atomic mass is 35.5. The molecular weight excluding hydrogens is 271 g/mol. The van der Waals surface area contributed by atoms with Gasteiger partial charge in [-0.25, -0.2) is 4.39 Å². The molecule has 2 rings (SSSR count). The van der Waals surface area contributed by atoms with Crippen LogP contribution in [0.5, 0.6) is 0 Å². The van der Waals surface area contributed by atoms with Crippen molar-refractivity contribution in [2.45, 2.75) is 13.3 Å². The fourth-order valence-electron chi connectivity index (χ4n) is 1.43. The molecule has 1 heterocycles. The number of halogens is 2. The molecule has 0 amide bonds. The number of nitrogens with zero attached hydrogens (tertiary/aromatic N) is 2. The Balaban J connectivity index is 2.16. The van der Waals surface area contributed by atoms with Crippen molar-refractivity contribution >= 4 is 29.5 Å².